The average Bonchev–Trinajstić information content (AvgIpc) is 2.87. The third-order valence-corrected chi connectivity index (χ3v) is 11.3. The summed E-state index contributed by atoms with van der Waals surface area (Å²) < 4.78 is 54.6. The van der Waals surface area contributed by atoms with Crippen LogP contribution in [0.4, 0.5) is 0 Å². The van der Waals surface area contributed by atoms with Crippen molar-refractivity contribution in [2.45, 2.75) is 31.0 Å². The Balaban J connectivity index is 1.79. The molecule has 2 fully saturated rings. The fourth-order valence-corrected chi connectivity index (χ4v) is 9.90. The van der Waals surface area contributed by atoms with Crippen molar-refractivity contribution in [3.8, 4) is 0 Å². The van der Waals surface area contributed by atoms with E-state index in [0.717, 1.165) is 6.20 Å². The number of aromatic nitrogens is 2. The fourth-order valence-electron chi connectivity index (χ4n) is 2.98. The van der Waals surface area contributed by atoms with Gasteiger partial charge in [0.25, 0.3) is 5.56 Å². The molecule has 2 saturated heterocycles. The quantitative estimate of drug-likeness (QED) is 0.215. The third kappa shape index (κ3) is 5.53. The average molecular weight is 521 g/mol. The molecule has 180 valence electrons. The molecule has 5 unspecified atom stereocenters. The van der Waals surface area contributed by atoms with Gasteiger partial charge in [-0.1, -0.05) is 0 Å². The molecule has 1 aromatic rings. The Morgan fingerprint density at radius 2 is 1.88 bits per heavy atom. The van der Waals surface area contributed by atoms with E-state index in [1.165, 1.54) is 0 Å². The van der Waals surface area contributed by atoms with Crippen LogP contribution in [-0.4, -0.2) is 66.3 Å². The van der Waals surface area contributed by atoms with Crippen molar-refractivity contribution in [3.05, 3.63) is 32.6 Å². The van der Waals surface area contributed by atoms with Gasteiger partial charge in [-0.15, -0.1) is 0 Å². The lowest BCUT2D eigenvalue weighted by Gasteiger charge is -2.28. The van der Waals surface area contributed by atoms with Gasteiger partial charge in [-0.25, -0.2) is 18.0 Å². The SMILES string of the molecule is NC(=O)Cc1cn([C@@H]2O[C@H](COP3(=O)CP(=O)(O)OP(=O)(O)O3)C(O)C2O)c(=O)[nH]c1=O. The molecule has 0 saturated carbocycles. The Hall–Kier alpha value is -1.48. The zero-order valence-electron chi connectivity index (χ0n) is 15.7. The van der Waals surface area contributed by atoms with Gasteiger partial charge in [-0.05, 0) is 0 Å². The van der Waals surface area contributed by atoms with Crippen LogP contribution in [0.25, 0.3) is 0 Å². The summed E-state index contributed by atoms with van der Waals surface area (Å²) in [6, 6.07) is 0. The molecule has 0 aliphatic carbocycles. The highest BCUT2D eigenvalue weighted by atomic mass is 31.3. The van der Waals surface area contributed by atoms with Crippen molar-refractivity contribution in [1.29, 1.82) is 0 Å². The summed E-state index contributed by atoms with van der Waals surface area (Å²) in [5.74, 6) is -2.15. The molecule has 0 radical (unpaired) electrons. The topological polar surface area (TPSA) is 267 Å². The third-order valence-electron chi connectivity index (χ3n) is 4.26. The van der Waals surface area contributed by atoms with Gasteiger partial charge in [-0.2, -0.15) is 0 Å². The first-order chi connectivity index (χ1) is 14.6. The first kappa shape index (κ1) is 25.1. The maximum absolute atomic E-state index is 12.5. The first-order valence-electron chi connectivity index (χ1n) is 8.56. The van der Waals surface area contributed by atoms with Gasteiger partial charge in [0.15, 0.2) is 12.1 Å². The van der Waals surface area contributed by atoms with Crippen LogP contribution in [0.1, 0.15) is 11.8 Å². The van der Waals surface area contributed by atoms with Crippen LogP contribution in [0.3, 0.4) is 0 Å². The monoisotopic (exact) mass is 521 g/mol. The van der Waals surface area contributed by atoms with Gasteiger partial charge in [-0.3, -0.25) is 28.3 Å². The molecule has 3 heterocycles. The van der Waals surface area contributed by atoms with Crippen molar-refractivity contribution in [2.75, 3.05) is 12.5 Å². The molecule has 2 aliphatic heterocycles. The number of phosphoric acid groups is 1. The highest BCUT2D eigenvalue weighted by Crippen LogP contribution is 2.78. The Labute approximate surface area is 177 Å². The van der Waals surface area contributed by atoms with E-state index < -0.39 is 83.6 Å². The maximum atomic E-state index is 12.5. The van der Waals surface area contributed by atoms with E-state index in [9.17, 15) is 48.1 Å². The predicted octanol–water partition coefficient (Wildman–Crippen LogP) is -2.32. The number of H-pyrrole nitrogens is 1. The summed E-state index contributed by atoms with van der Waals surface area (Å²) in [5.41, 5.74) is 2.82. The van der Waals surface area contributed by atoms with Crippen LogP contribution >= 0.6 is 23.0 Å². The van der Waals surface area contributed by atoms with Gasteiger partial charge in [0.1, 0.15) is 18.3 Å². The van der Waals surface area contributed by atoms with E-state index in [1.54, 1.807) is 0 Å². The lowest BCUT2D eigenvalue weighted by molar-refractivity contribution is -0.117. The number of hydrogen-bond donors (Lipinski definition) is 6. The van der Waals surface area contributed by atoms with Crippen molar-refractivity contribution < 1.29 is 56.4 Å². The molecule has 1 aromatic heterocycles. The summed E-state index contributed by atoms with van der Waals surface area (Å²) in [7, 11) is -14.7. The number of nitrogens with one attached hydrogen (secondary N) is 1. The number of aliphatic hydroxyl groups excluding tert-OH is 2. The molecule has 7 N–H and O–H groups in total. The van der Waals surface area contributed by atoms with Crippen LogP contribution in [0.5, 0.6) is 0 Å². The van der Waals surface area contributed by atoms with Crippen LogP contribution in [-0.2, 0) is 42.8 Å². The van der Waals surface area contributed by atoms with E-state index >= 15 is 0 Å². The maximum Gasteiger partial charge on any atom is 0.486 e. The van der Waals surface area contributed by atoms with Crippen molar-refractivity contribution in [3.63, 3.8) is 0 Å². The highest BCUT2D eigenvalue weighted by molar-refractivity contribution is 7.81. The lowest BCUT2D eigenvalue weighted by atomic mass is 10.1. The molecule has 2 aliphatic rings. The molecule has 0 spiro atoms. The number of aliphatic hydroxyl groups is 2. The van der Waals surface area contributed by atoms with E-state index in [1.807, 2.05) is 4.98 Å². The largest absolute Gasteiger partial charge is 0.486 e. The van der Waals surface area contributed by atoms with Crippen LogP contribution in [0.15, 0.2) is 15.8 Å². The number of aromatic amines is 1. The minimum atomic E-state index is -5.18. The van der Waals surface area contributed by atoms with Crippen LogP contribution < -0.4 is 17.0 Å². The number of nitrogens with two attached hydrogens (primary N) is 1. The molecular weight excluding hydrogens is 503 g/mol. The van der Waals surface area contributed by atoms with Gasteiger partial charge < -0.3 is 35.0 Å². The number of amides is 1. The van der Waals surface area contributed by atoms with Crippen molar-refractivity contribution >= 4 is 28.9 Å². The zero-order valence-corrected chi connectivity index (χ0v) is 18.4. The van der Waals surface area contributed by atoms with Crippen molar-refractivity contribution in [2.24, 2.45) is 5.73 Å². The number of ether oxygens (including phenoxy) is 1. The van der Waals surface area contributed by atoms with E-state index in [0.29, 0.717) is 4.57 Å². The van der Waals surface area contributed by atoms with Crippen LogP contribution in [0, 0.1) is 0 Å². The first-order valence-corrected chi connectivity index (χ1v) is 13.6. The lowest BCUT2D eigenvalue weighted by Crippen LogP contribution is -2.39. The molecule has 17 nitrogen and oxygen atoms in total. The summed E-state index contributed by atoms with van der Waals surface area (Å²) in [5, 5.41) is 20.4. The van der Waals surface area contributed by atoms with Crippen molar-refractivity contribution in [1.82, 2.24) is 9.55 Å². The molecule has 3 rings (SSSR count). The summed E-state index contributed by atoms with van der Waals surface area (Å²) >= 11 is 0. The second kappa shape index (κ2) is 8.70. The predicted molar refractivity (Wildman–Crippen MR) is 100 cm³/mol. The smallest absolute Gasteiger partial charge is 0.387 e. The fraction of sp³-hybridized carbons (Fsp3) is 0.583. The molecule has 32 heavy (non-hydrogen) atoms. The molecule has 1 amide bonds. The van der Waals surface area contributed by atoms with E-state index in [2.05, 4.69) is 8.62 Å². The van der Waals surface area contributed by atoms with E-state index in [4.69, 9.17) is 15.0 Å². The minimum Gasteiger partial charge on any atom is -0.387 e. The molecular formula is C12H18N3O14P3. The number of carbonyl (C=O) groups excluding carboxylic acids is 1. The van der Waals surface area contributed by atoms with E-state index in [-0.39, 0.29) is 5.56 Å². The van der Waals surface area contributed by atoms with Gasteiger partial charge in [0, 0.05) is 11.8 Å². The number of nitrogens with zero attached hydrogens (tertiary/aromatic N) is 1. The molecule has 7 atom stereocenters. The summed E-state index contributed by atoms with van der Waals surface area (Å²) in [6.07, 6.45) is -6.34. The van der Waals surface area contributed by atoms with Crippen LogP contribution in [0.2, 0.25) is 0 Å². The molecule has 0 aromatic carbocycles. The summed E-state index contributed by atoms with van der Waals surface area (Å²) in [6.45, 7) is -0.877. The Morgan fingerprint density at radius 1 is 1.22 bits per heavy atom. The number of hydrogen-bond acceptors (Lipinski definition) is 12. The zero-order chi connectivity index (χ0) is 24.1. The summed E-state index contributed by atoms with van der Waals surface area (Å²) in [4.78, 5) is 55.6. The Bertz CT molecular complexity index is 1150. The Kier molecular flexibility index (Phi) is 6.84. The normalized spacial score (nSPS) is 39.8. The number of rotatable bonds is 6. The molecule has 20 heteroatoms. The Morgan fingerprint density at radius 3 is 2.47 bits per heavy atom. The van der Waals surface area contributed by atoms with Gasteiger partial charge in [0.2, 0.25) is 5.91 Å². The molecule has 0 bridgehead atoms. The number of primary amides is 1. The second-order valence-electron chi connectivity index (χ2n) is 6.83. The second-order valence-corrected chi connectivity index (χ2v) is 13.0. The minimum absolute atomic E-state index is 0.237. The van der Waals surface area contributed by atoms with Gasteiger partial charge >= 0.3 is 28.7 Å². The standard InChI is InChI=1S/C12H18N3O14P3/c13-7(16)1-5-2-15(12(20)14-10(5)19)11-9(18)8(17)6(27-11)3-26-31(23)4-30(21,22)28-32(24,25)29-31/h2,6,8-9,11,17-18H,1,3-4H2,(H2,13,16)(H,21,22)(H,24,25)(H,14,19,20)/t6-,8?,9?,11-,31?/m1/s1. The highest BCUT2D eigenvalue weighted by Gasteiger charge is 2.53. The number of carbonyl (C=O) groups is 1. The van der Waals surface area contributed by atoms with Gasteiger partial charge in [0.05, 0.1) is 13.0 Å².